The van der Waals surface area contributed by atoms with E-state index in [-0.39, 0.29) is 5.41 Å². The number of aryl methyl sites for hydroxylation is 1. The smallest absolute Gasteiger partial charge is 0.114 e. The van der Waals surface area contributed by atoms with E-state index in [0.717, 1.165) is 11.5 Å². The molecule has 0 N–H and O–H groups in total. The zero-order valence-corrected chi connectivity index (χ0v) is 11.6. The Morgan fingerprint density at radius 1 is 0.842 bits per heavy atom. The number of fused-ring (bicyclic) bond motifs is 1. The van der Waals surface area contributed by atoms with Crippen LogP contribution in [0.5, 0.6) is 0 Å². The van der Waals surface area contributed by atoms with Crippen molar-refractivity contribution in [1.29, 1.82) is 0 Å². The molecule has 3 rings (SSSR count). The normalized spacial score (nSPS) is 11.9. The fraction of sp³-hybridized carbons (Fsp3) is 0.222. The van der Waals surface area contributed by atoms with Gasteiger partial charge in [0.1, 0.15) is 11.5 Å². The third-order valence-corrected chi connectivity index (χ3v) is 3.82. The number of hydrogen-bond donors (Lipinski definition) is 0. The van der Waals surface area contributed by atoms with E-state index in [4.69, 9.17) is 4.42 Å². The van der Waals surface area contributed by atoms with Gasteiger partial charge < -0.3 is 4.42 Å². The van der Waals surface area contributed by atoms with Crippen LogP contribution in [0, 0.1) is 6.92 Å². The van der Waals surface area contributed by atoms with Gasteiger partial charge in [-0.3, -0.25) is 0 Å². The van der Waals surface area contributed by atoms with Gasteiger partial charge >= 0.3 is 0 Å². The number of benzene rings is 2. The Hall–Kier alpha value is -2.02. The van der Waals surface area contributed by atoms with Gasteiger partial charge in [-0.05, 0) is 49.2 Å². The number of rotatable bonds is 2. The first-order chi connectivity index (χ1) is 9.09. The summed E-state index contributed by atoms with van der Waals surface area (Å²) in [6, 6.07) is 19.1. The maximum atomic E-state index is 5.85. The zero-order chi connectivity index (χ0) is 13.5. The summed E-state index contributed by atoms with van der Waals surface area (Å²) in [7, 11) is 0. The van der Waals surface area contributed by atoms with Gasteiger partial charge in [-0.25, -0.2) is 0 Å². The molecule has 2 aromatic carbocycles. The van der Waals surface area contributed by atoms with Crippen LogP contribution in [0.25, 0.3) is 10.8 Å². The van der Waals surface area contributed by atoms with Crippen molar-refractivity contribution >= 4 is 10.8 Å². The number of furan rings is 1. The molecule has 0 saturated carbocycles. The first kappa shape index (κ1) is 12.0. The molecule has 1 aromatic heterocycles. The lowest BCUT2D eigenvalue weighted by atomic mass is 9.80. The second-order valence-electron chi connectivity index (χ2n) is 5.56. The van der Waals surface area contributed by atoms with Crippen molar-refractivity contribution < 1.29 is 4.42 Å². The van der Waals surface area contributed by atoms with E-state index < -0.39 is 0 Å². The molecular formula is C18H18O. The van der Waals surface area contributed by atoms with E-state index in [1.54, 1.807) is 0 Å². The van der Waals surface area contributed by atoms with E-state index in [2.05, 4.69) is 62.4 Å². The second kappa shape index (κ2) is 4.27. The average Bonchev–Trinajstić information content (AvgIpc) is 2.85. The Balaban J connectivity index is 2.23. The van der Waals surface area contributed by atoms with Crippen molar-refractivity contribution in [3.8, 4) is 0 Å². The van der Waals surface area contributed by atoms with Gasteiger partial charge in [0.05, 0.1) is 0 Å². The van der Waals surface area contributed by atoms with Crippen LogP contribution in [0.4, 0.5) is 0 Å². The lowest BCUT2D eigenvalue weighted by Gasteiger charge is -2.24. The van der Waals surface area contributed by atoms with Crippen LogP contribution in [0.1, 0.15) is 30.9 Å². The molecule has 0 amide bonds. The first-order valence-corrected chi connectivity index (χ1v) is 6.64. The van der Waals surface area contributed by atoms with Gasteiger partial charge in [-0.15, -0.1) is 0 Å². The molecule has 0 fully saturated rings. The fourth-order valence-corrected chi connectivity index (χ4v) is 2.67. The number of hydrogen-bond acceptors (Lipinski definition) is 1. The van der Waals surface area contributed by atoms with Crippen LogP contribution in [0.15, 0.2) is 59.0 Å². The summed E-state index contributed by atoms with van der Waals surface area (Å²) in [6.07, 6.45) is 0. The molecule has 0 unspecified atom stereocenters. The van der Waals surface area contributed by atoms with Crippen molar-refractivity contribution in [2.75, 3.05) is 0 Å². The molecule has 0 aliphatic carbocycles. The molecule has 3 aromatic rings. The standard InChI is InChI=1S/C18H18O/c1-13-11-12-17(19-13)18(2,3)16-10-6-8-14-7-4-5-9-15(14)16/h4-12H,1-3H3. The highest BCUT2D eigenvalue weighted by atomic mass is 16.3. The fourth-order valence-electron chi connectivity index (χ4n) is 2.67. The summed E-state index contributed by atoms with van der Waals surface area (Å²) in [5.74, 6) is 1.98. The van der Waals surface area contributed by atoms with Gasteiger partial charge in [0, 0.05) is 5.41 Å². The van der Waals surface area contributed by atoms with Crippen molar-refractivity contribution in [2.24, 2.45) is 0 Å². The van der Waals surface area contributed by atoms with E-state index >= 15 is 0 Å². The summed E-state index contributed by atoms with van der Waals surface area (Å²) in [4.78, 5) is 0. The maximum absolute atomic E-state index is 5.85. The predicted octanol–water partition coefficient (Wildman–Crippen LogP) is 5.07. The van der Waals surface area contributed by atoms with E-state index in [1.165, 1.54) is 16.3 Å². The molecule has 0 bridgehead atoms. The predicted molar refractivity (Wildman–Crippen MR) is 79.5 cm³/mol. The molecule has 0 radical (unpaired) electrons. The van der Waals surface area contributed by atoms with Gasteiger partial charge in [0.25, 0.3) is 0 Å². The SMILES string of the molecule is Cc1ccc(C(C)(C)c2cccc3ccccc23)o1. The third-order valence-electron chi connectivity index (χ3n) is 3.82. The highest BCUT2D eigenvalue weighted by Crippen LogP contribution is 2.36. The van der Waals surface area contributed by atoms with Gasteiger partial charge in [-0.2, -0.15) is 0 Å². The van der Waals surface area contributed by atoms with E-state index in [9.17, 15) is 0 Å². The summed E-state index contributed by atoms with van der Waals surface area (Å²) < 4.78 is 5.85. The zero-order valence-electron chi connectivity index (χ0n) is 11.6. The molecule has 0 aliphatic heterocycles. The Kier molecular flexibility index (Phi) is 2.70. The Labute approximate surface area is 113 Å². The molecule has 1 heterocycles. The minimum absolute atomic E-state index is 0.130. The van der Waals surface area contributed by atoms with Gasteiger partial charge in [0.2, 0.25) is 0 Å². The van der Waals surface area contributed by atoms with Crippen LogP contribution in [0.2, 0.25) is 0 Å². The van der Waals surface area contributed by atoms with Gasteiger partial charge in [0.15, 0.2) is 0 Å². The van der Waals surface area contributed by atoms with Crippen LogP contribution in [-0.4, -0.2) is 0 Å². The van der Waals surface area contributed by atoms with E-state index in [1.807, 2.05) is 13.0 Å². The lowest BCUT2D eigenvalue weighted by molar-refractivity contribution is 0.415. The lowest BCUT2D eigenvalue weighted by Crippen LogP contribution is -2.18. The highest BCUT2D eigenvalue weighted by molar-refractivity contribution is 5.87. The topological polar surface area (TPSA) is 13.1 Å². The van der Waals surface area contributed by atoms with Crippen molar-refractivity contribution in [3.05, 3.63) is 71.7 Å². The van der Waals surface area contributed by atoms with Crippen LogP contribution >= 0.6 is 0 Å². The molecule has 1 nitrogen and oxygen atoms in total. The maximum Gasteiger partial charge on any atom is 0.114 e. The minimum Gasteiger partial charge on any atom is -0.465 e. The third kappa shape index (κ3) is 1.95. The molecule has 96 valence electrons. The van der Waals surface area contributed by atoms with Gasteiger partial charge in [-0.1, -0.05) is 42.5 Å². The van der Waals surface area contributed by atoms with Crippen LogP contribution < -0.4 is 0 Å². The van der Waals surface area contributed by atoms with Crippen LogP contribution in [-0.2, 0) is 5.41 Å². The summed E-state index contributed by atoms with van der Waals surface area (Å²) in [6.45, 7) is 6.42. The molecule has 0 atom stereocenters. The van der Waals surface area contributed by atoms with Crippen molar-refractivity contribution in [3.63, 3.8) is 0 Å². The minimum atomic E-state index is -0.130. The molecule has 0 spiro atoms. The quantitative estimate of drug-likeness (QED) is 0.619. The van der Waals surface area contributed by atoms with Crippen molar-refractivity contribution in [1.82, 2.24) is 0 Å². The largest absolute Gasteiger partial charge is 0.465 e. The first-order valence-electron chi connectivity index (χ1n) is 6.64. The second-order valence-corrected chi connectivity index (χ2v) is 5.56. The summed E-state index contributed by atoms with van der Waals surface area (Å²) in [5, 5.41) is 2.57. The Morgan fingerprint density at radius 3 is 2.32 bits per heavy atom. The highest BCUT2D eigenvalue weighted by Gasteiger charge is 2.28. The summed E-state index contributed by atoms with van der Waals surface area (Å²) in [5.41, 5.74) is 1.18. The van der Waals surface area contributed by atoms with Crippen molar-refractivity contribution in [2.45, 2.75) is 26.2 Å². The molecule has 19 heavy (non-hydrogen) atoms. The van der Waals surface area contributed by atoms with Crippen LogP contribution in [0.3, 0.4) is 0 Å². The monoisotopic (exact) mass is 250 g/mol. The Bertz CT molecular complexity index is 714. The molecule has 1 heteroatoms. The molecular weight excluding hydrogens is 232 g/mol. The average molecular weight is 250 g/mol. The summed E-state index contributed by atoms with van der Waals surface area (Å²) >= 11 is 0. The molecule has 0 aliphatic rings. The molecule has 0 saturated heterocycles. The van der Waals surface area contributed by atoms with E-state index in [0.29, 0.717) is 0 Å². The Morgan fingerprint density at radius 2 is 1.58 bits per heavy atom.